The zero-order chi connectivity index (χ0) is 15.8. The fraction of sp³-hybridized carbons (Fsp3) is 0.353. The maximum absolute atomic E-state index is 12.7. The Bertz CT molecular complexity index is 841. The maximum Gasteiger partial charge on any atom is 0.253 e. The SMILES string of the molecule is Cc1cnn(C2CCN(C(=O)c3ccc4nc[nH]c4c3)CC2)c1. The standard InChI is InChI=1S/C17H19N5O/c1-12-9-20-22(10-12)14-4-6-21(7-5-14)17(23)13-2-3-15-16(8-13)19-11-18-15/h2-3,8-11,14H,4-7H2,1H3,(H,18,19). The highest BCUT2D eigenvalue weighted by atomic mass is 16.2. The van der Waals surface area contributed by atoms with Gasteiger partial charge >= 0.3 is 0 Å². The number of benzene rings is 1. The number of piperidine rings is 1. The van der Waals surface area contributed by atoms with Crippen LogP contribution >= 0.6 is 0 Å². The van der Waals surface area contributed by atoms with E-state index in [-0.39, 0.29) is 5.91 Å². The van der Waals surface area contributed by atoms with Gasteiger partial charge in [0.1, 0.15) is 0 Å². The van der Waals surface area contributed by atoms with Crippen molar-refractivity contribution in [3.05, 3.63) is 48.0 Å². The van der Waals surface area contributed by atoms with Crippen molar-refractivity contribution in [2.24, 2.45) is 0 Å². The summed E-state index contributed by atoms with van der Waals surface area (Å²) >= 11 is 0. The molecule has 6 nitrogen and oxygen atoms in total. The smallest absolute Gasteiger partial charge is 0.253 e. The number of aromatic amines is 1. The molecule has 1 aromatic carbocycles. The minimum absolute atomic E-state index is 0.0941. The van der Waals surface area contributed by atoms with Crippen molar-refractivity contribution >= 4 is 16.9 Å². The van der Waals surface area contributed by atoms with Gasteiger partial charge in [-0.3, -0.25) is 9.48 Å². The minimum atomic E-state index is 0.0941. The van der Waals surface area contributed by atoms with E-state index in [2.05, 4.69) is 21.3 Å². The largest absolute Gasteiger partial charge is 0.345 e. The highest BCUT2D eigenvalue weighted by molar-refractivity contribution is 5.97. The van der Waals surface area contributed by atoms with E-state index >= 15 is 0 Å². The number of nitrogens with one attached hydrogen (secondary N) is 1. The zero-order valence-corrected chi connectivity index (χ0v) is 13.1. The number of likely N-dealkylation sites (tertiary alicyclic amines) is 1. The lowest BCUT2D eigenvalue weighted by Crippen LogP contribution is -2.39. The molecule has 1 aliphatic heterocycles. The fourth-order valence-corrected chi connectivity index (χ4v) is 3.22. The third kappa shape index (κ3) is 2.60. The second-order valence-corrected chi connectivity index (χ2v) is 6.16. The fourth-order valence-electron chi connectivity index (χ4n) is 3.22. The first-order valence-electron chi connectivity index (χ1n) is 7.94. The Labute approximate surface area is 134 Å². The number of hydrogen-bond donors (Lipinski definition) is 1. The number of imidazole rings is 1. The second kappa shape index (κ2) is 5.53. The lowest BCUT2D eigenvalue weighted by Gasteiger charge is -2.32. The molecule has 1 amide bonds. The van der Waals surface area contributed by atoms with Crippen LogP contribution in [-0.4, -0.2) is 43.6 Å². The number of fused-ring (bicyclic) bond motifs is 1. The van der Waals surface area contributed by atoms with Crippen molar-refractivity contribution in [2.75, 3.05) is 13.1 Å². The molecule has 0 atom stereocenters. The molecule has 0 aliphatic carbocycles. The van der Waals surface area contributed by atoms with E-state index in [1.54, 1.807) is 6.33 Å². The van der Waals surface area contributed by atoms with Gasteiger partial charge in [-0.1, -0.05) is 0 Å². The molecule has 0 bridgehead atoms. The van der Waals surface area contributed by atoms with Gasteiger partial charge in [0.15, 0.2) is 0 Å². The van der Waals surface area contributed by atoms with Gasteiger partial charge < -0.3 is 9.88 Å². The minimum Gasteiger partial charge on any atom is -0.345 e. The summed E-state index contributed by atoms with van der Waals surface area (Å²) < 4.78 is 2.04. The third-order valence-corrected chi connectivity index (χ3v) is 4.52. The Morgan fingerprint density at radius 2 is 2.13 bits per heavy atom. The van der Waals surface area contributed by atoms with Gasteiger partial charge in [-0.25, -0.2) is 4.98 Å². The number of rotatable bonds is 2. The molecule has 1 fully saturated rings. The van der Waals surface area contributed by atoms with Crippen LogP contribution in [0.25, 0.3) is 11.0 Å². The molecule has 23 heavy (non-hydrogen) atoms. The van der Waals surface area contributed by atoms with Crippen LogP contribution in [0.2, 0.25) is 0 Å². The molecule has 3 aromatic rings. The summed E-state index contributed by atoms with van der Waals surface area (Å²) in [6.45, 7) is 3.58. The highest BCUT2D eigenvalue weighted by Gasteiger charge is 2.25. The molecule has 0 saturated carbocycles. The third-order valence-electron chi connectivity index (χ3n) is 4.52. The topological polar surface area (TPSA) is 66.8 Å². The molecule has 1 N–H and O–H groups in total. The van der Waals surface area contributed by atoms with E-state index in [1.807, 2.05) is 40.9 Å². The molecule has 0 unspecified atom stereocenters. The molecule has 6 heteroatoms. The highest BCUT2D eigenvalue weighted by Crippen LogP contribution is 2.24. The summed E-state index contributed by atoms with van der Waals surface area (Å²) in [5.41, 5.74) is 3.68. The van der Waals surface area contributed by atoms with E-state index in [9.17, 15) is 4.79 Å². The van der Waals surface area contributed by atoms with Gasteiger partial charge in [-0.2, -0.15) is 5.10 Å². The molecular formula is C17H19N5O. The summed E-state index contributed by atoms with van der Waals surface area (Å²) in [5.74, 6) is 0.0941. The van der Waals surface area contributed by atoms with Crippen molar-refractivity contribution in [1.82, 2.24) is 24.6 Å². The molecule has 3 heterocycles. The Morgan fingerprint density at radius 3 is 2.87 bits per heavy atom. The van der Waals surface area contributed by atoms with Gasteiger partial charge in [0.05, 0.1) is 29.6 Å². The van der Waals surface area contributed by atoms with Gasteiger partial charge in [-0.15, -0.1) is 0 Å². The van der Waals surface area contributed by atoms with Crippen LogP contribution in [0.3, 0.4) is 0 Å². The van der Waals surface area contributed by atoms with E-state index < -0.39 is 0 Å². The monoisotopic (exact) mass is 309 g/mol. The zero-order valence-electron chi connectivity index (χ0n) is 13.1. The molecule has 0 spiro atoms. The predicted molar refractivity (Wildman–Crippen MR) is 87.2 cm³/mol. The molecule has 0 radical (unpaired) electrons. The summed E-state index contributed by atoms with van der Waals surface area (Å²) in [4.78, 5) is 21.9. The Hall–Kier alpha value is -2.63. The number of aromatic nitrogens is 4. The molecular weight excluding hydrogens is 290 g/mol. The van der Waals surface area contributed by atoms with Crippen LogP contribution in [0.15, 0.2) is 36.9 Å². The molecule has 4 rings (SSSR count). The number of nitrogens with zero attached hydrogens (tertiary/aromatic N) is 4. The van der Waals surface area contributed by atoms with Crippen LogP contribution in [-0.2, 0) is 0 Å². The van der Waals surface area contributed by atoms with Crippen molar-refractivity contribution in [3.63, 3.8) is 0 Å². The predicted octanol–water partition coefficient (Wildman–Crippen LogP) is 2.55. The quantitative estimate of drug-likeness (QED) is 0.791. The van der Waals surface area contributed by atoms with Crippen molar-refractivity contribution in [2.45, 2.75) is 25.8 Å². The number of H-pyrrole nitrogens is 1. The average Bonchev–Trinajstić information content (AvgIpc) is 3.22. The molecule has 1 saturated heterocycles. The van der Waals surface area contributed by atoms with Gasteiger partial charge in [0.2, 0.25) is 0 Å². The second-order valence-electron chi connectivity index (χ2n) is 6.16. The van der Waals surface area contributed by atoms with Crippen LogP contribution in [0.1, 0.15) is 34.8 Å². The molecule has 118 valence electrons. The first kappa shape index (κ1) is 14.0. The van der Waals surface area contributed by atoms with E-state index in [4.69, 9.17) is 0 Å². The Balaban J connectivity index is 1.46. The maximum atomic E-state index is 12.7. The number of hydrogen-bond acceptors (Lipinski definition) is 3. The first-order valence-corrected chi connectivity index (χ1v) is 7.94. The number of carbonyl (C=O) groups is 1. The van der Waals surface area contributed by atoms with Gasteiger partial charge in [0, 0.05) is 24.8 Å². The van der Waals surface area contributed by atoms with Crippen molar-refractivity contribution in [3.8, 4) is 0 Å². The lowest BCUT2D eigenvalue weighted by atomic mass is 10.0. The van der Waals surface area contributed by atoms with Crippen molar-refractivity contribution < 1.29 is 4.79 Å². The Morgan fingerprint density at radius 1 is 1.30 bits per heavy atom. The molecule has 2 aromatic heterocycles. The number of carbonyl (C=O) groups excluding carboxylic acids is 1. The first-order chi connectivity index (χ1) is 11.2. The lowest BCUT2D eigenvalue weighted by molar-refractivity contribution is 0.0690. The summed E-state index contributed by atoms with van der Waals surface area (Å²) in [5, 5.41) is 4.40. The van der Waals surface area contributed by atoms with Crippen LogP contribution in [0, 0.1) is 6.92 Å². The van der Waals surface area contributed by atoms with Gasteiger partial charge in [0.25, 0.3) is 5.91 Å². The summed E-state index contributed by atoms with van der Waals surface area (Å²) in [6.07, 6.45) is 7.50. The summed E-state index contributed by atoms with van der Waals surface area (Å²) in [6, 6.07) is 6.02. The van der Waals surface area contributed by atoms with E-state index in [1.165, 1.54) is 5.56 Å². The normalized spacial score (nSPS) is 16.1. The average molecular weight is 309 g/mol. The van der Waals surface area contributed by atoms with E-state index in [0.717, 1.165) is 42.5 Å². The van der Waals surface area contributed by atoms with Crippen LogP contribution in [0.5, 0.6) is 0 Å². The van der Waals surface area contributed by atoms with Crippen molar-refractivity contribution in [1.29, 1.82) is 0 Å². The van der Waals surface area contributed by atoms with Crippen LogP contribution in [0.4, 0.5) is 0 Å². The number of aryl methyl sites for hydroxylation is 1. The Kier molecular flexibility index (Phi) is 3.37. The molecule has 1 aliphatic rings. The van der Waals surface area contributed by atoms with Crippen LogP contribution < -0.4 is 0 Å². The number of amides is 1. The summed E-state index contributed by atoms with van der Waals surface area (Å²) in [7, 11) is 0. The van der Waals surface area contributed by atoms with E-state index in [0.29, 0.717) is 6.04 Å². The van der Waals surface area contributed by atoms with Gasteiger partial charge in [-0.05, 0) is 43.5 Å².